The number of hydrogen-bond donors (Lipinski definition) is 1. The van der Waals surface area contributed by atoms with Crippen LogP contribution >= 0.6 is 0 Å². The normalized spacial score (nSPS) is 10.9. The van der Waals surface area contributed by atoms with Crippen LogP contribution in [-0.4, -0.2) is 43.3 Å². The molecular weight excluding hydrogens is 331 g/mol. The summed E-state index contributed by atoms with van der Waals surface area (Å²) in [5, 5.41) is 1.64. The predicted molar refractivity (Wildman–Crippen MR) is 83.2 cm³/mol. The van der Waals surface area contributed by atoms with Gasteiger partial charge in [-0.15, -0.1) is 0 Å². The Bertz CT molecular complexity index is 360. The molecule has 144 valence electrons. The van der Waals surface area contributed by atoms with Gasteiger partial charge in [-0.05, 0) is 20.8 Å². The molecule has 1 N–H and O–H groups in total. The SMILES string of the molecule is CC.CCOC(=O)CC.CCOC(=O)CC(=O)NC(C)C(F)(F)F. The summed E-state index contributed by atoms with van der Waals surface area (Å²) in [7, 11) is 0. The Morgan fingerprint density at radius 3 is 1.67 bits per heavy atom. The monoisotopic (exact) mass is 359 g/mol. The van der Waals surface area contributed by atoms with E-state index >= 15 is 0 Å². The van der Waals surface area contributed by atoms with Gasteiger partial charge >= 0.3 is 18.1 Å². The number of nitrogens with one attached hydrogen (secondary N) is 1. The van der Waals surface area contributed by atoms with Gasteiger partial charge in [-0.2, -0.15) is 13.2 Å². The molecule has 0 aliphatic rings. The quantitative estimate of drug-likeness (QED) is 0.582. The van der Waals surface area contributed by atoms with Crippen molar-refractivity contribution in [2.75, 3.05) is 13.2 Å². The number of carbonyl (C=O) groups excluding carboxylic acids is 3. The lowest BCUT2D eigenvalue weighted by atomic mass is 10.3. The Hall–Kier alpha value is -1.80. The molecular formula is C15H28F3NO5. The minimum absolute atomic E-state index is 0.0843. The average Bonchev–Trinajstić information content (AvgIpc) is 2.49. The third kappa shape index (κ3) is 18.2. The molecule has 0 saturated carbocycles. The molecule has 6 nitrogen and oxygen atoms in total. The maximum absolute atomic E-state index is 12.0. The van der Waals surface area contributed by atoms with Crippen LogP contribution in [-0.2, 0) is 23.9 Å². The van der Waals surface area contributed by atoms with Crippen molar-refractivity contribution in [3.63, 3.8) is 0 Å². The van der Waals surface area contributed by atoms with Gasteiger partial charge in [0.25, 0.3) is 0 Å². The van der Waals surface area contributed by atoms with Gasteiger partial charge in [0.2, 0.25) is 5.91 Å². The van der Waals surface area contributed by atoms with Crippen LogP contribution in [0.2, 0.25) is 0 Å². The molecule has 0 heterocycles. The molecule has 1 atom stereocenters. The fourth-order valence-electron chi connectivity index (χ4n) is 0.981. The third-order valence-corrected chi connectivity index (χ3v) is 2.07. The highest BCUT2D eigenvalue weighted by atomic mass is 19.4. The van der Waals surface area contributed by atoms with Gasteiger partial charge in [-0.3, -0.25) is 14.4 Å². The molecule has 0 aromatic carbocycles. The van der Waals surface area contributed by atoms with Gasteiger partial charge in [-0.25, -0.2) is 0 Å². The minimum Gasteiger partial charge on any atom is -0.466 e. The van der Waals surface area contributed by atoms with Gasteiger partial charge < -0.3 is 14.8 Å². The lowest BCUT2D eigenvalue weighted by molar-refractivity contribution is -0.160. The summed E-state index contributed by atoms with van der Waals surface area (Å²) >= 11 is 0. The second kappa shape index (κ2) is 16.1. The number of halogens is 3. The van der Waals surface area contributed by atoms with E-state index in [2.05, 4.69) is 9.47 Å². The van der Waals surface area contributed by atoms with Crippen molar-refractivity contribution in [1.29, 1.82) is 0 Å². The van der Waals surface area contributed by atoms with E-state index in [1.807, 2.05) is 13.8 Å². The van der Waals surface area contributed by atoms with Gasteiger partial charge in [0, 0.05) is 6.42 Å². The third-order valence-electron chi connectivity index (χ3n) is 2.07. The maximum Gasteiger partial charge on any atom is 0.408 e. The van der Waals surface area contributed by atoms with Gasteiger partial charge in [0.15, 0.2) is 0 Å². The van der Waals surface area contributed by atoms with E-state index in [9.17, 15) is 27.6 Å². The van der Waals surface area contributed by atoms with Crippen molar-refractivity contribution >= 4 is 17.8 Å². The number of alkyl halides is 3. The Balaban J connectivity index is -0.000000410. The Labute approximate surface area is 141 Å². The highest BCUT2D eigenvalue weighted by molar-refractivity contribution is 5.94. The minimum atomic E-state index is -4.51. The van der Waals surface area contributed by atoms with Crippen molar-refractivity contribution in [3.05, 3.63) is 0 Å². The van der Waals surface area contributed by atoms with E-state index in [1.54, 1.807) is 19.2 Å². The van der Waals surface area contributed by atoms with Gasteiger partial charge in [-0.1, -0.05) is 20.8 Å². The van der Waals surface area contributed by atoms with Gasteiger partial charge in [0.1, 0.15) is 12.5 Å². The summed E-state index contributed by atoms with van der Waals surface area (Å²) in [4.78, 5) is 31.8. The molecule has 0 saturated heterocycles. The molecule has 0 rings (SSSR count). The standard InChI is InChI=1S/C8H12F3NO3.C5H10O2.C2H6/c1-3-15-7(14)4-6(13)12-5(2)8(9,10)11;1-3-5(6)7-4-2;1-2/h5H,3-4H2,1-2H3,(H,12,13);3-4H2,1-2H3;1-2H3. The molecule has 0 aliphatic carbocycles. The Morgan fingerprint density at radius 1 is 0.958 bits per heavy atom. The lowest BCUT2D eigenvalue weighted by Crippen LogP contribution is -2.43. The highest BCUT2D eigenvalue weighted by Gasteiger charge is 2.37. The summed E-state index contributed by atoms with van der Waals surface area (Å²) in [6.07, 6.45) is -4.73. The number of rotatable bonds is 6. The molecule has 0 aromatic heterocycles. The smallest absolute Gasteiger partial charge is 0.408 e. The van der Waals surface area contributed by atoms with Crippen molar-refractivity contribution in [2.24, 2.45) is 0 Å². The van der Waals surface area contributed by atoms with Crippen LogP contribution in [0.4, 0.5) is 13.2 Å². The molecule has 9 heteroatoms. The Kier molecular flexibility index (Phi) is 18.1. The summed E-state index contributed by atoms with van der Waals surface area (Å²) in [5.41, 5.74) is 0. The first kappa shape index (κ1) is 27.1. The van der Waals surface area contributed by atoms with Crippen molar-refractivity contribution in [1.82, 2.24) is 5.32 Å². The maximum atomic E-state index is 12.0. The molecule has 0 bridgehead atoms. The molecule has 0 aromatic rings. The Morgan fingerprint density at radius 2 is 1.38 bits per heavy atom. The average molecular weight is 359 g/mol. The van der Waals surface area contributed by atoms with Gasteiger partial charge in [0.05, 0.1) is 13.2 Å². The number of esters is 2. The summed E-state index contributed by atoms with van der Waals surface area (Å²) < 4.78 is 44.8. The second-order valence-corrected chi connectivity index (χ2v) is 3.97. The van der Waals surface area contributed by atoms with Crippen LogP contribution in [0.25, 0.3) is 0 Å². The molecule has 0 spiro atoms. The summed E-state index contributed by atoms with van der Waals surface area (Å²) in [5.74, 6) is -1.97. The van der Waals surface area contributed by atoms with E-state index in [4.69, 9.17) is 0 Å². The molecule has 0 aliphatic heterocycles. The molecule has 0 radical (unpaired) electrons. The van der Waals surface area contributed by atoms with E-state index in [-0.39, 0.29) is 12.6 Å². The largest absolute Gasteiger partial charge is 0.466 e. The summed E-state index contributed by atoms with van der Waals surface area (Å²) in [6, 6.07) is -1.97. The number of hydrogen-bond acceptors (Lipinski definition) is 5. The highest BCUT2D eigenvalue weighted by Crippen LogP contribution is 2.19. The molecule has 24 heavy (non-hydrogen) atoms. The van der Waals surface area contributed by atoms with Crippen LogP contribution in [0.3, 0.4) is 0 Å². The van der Waals surface area contributed by atoms with E-state index in [1.165, 1.54) is 6.92 Å². The zero-order chi connectivity index (χ0) is 19.8. The molecule has 1 amide bonds. The van der Waals surface area contributed by atoms with E-state index in [0.29, 0.717) is 13.0 Å². The van der Waals surface area contributed by atoms with Crippen molar-refractivity contribution in [3.8, 4) is 0 Å². The van der Waals surface area contributed by atoms with E-state index in [0.717, 1.165) is 6.92 Å². The number of carbonyl (C=O) groups is 3. The predicted octanol–water partition coefficient (Wildman–Crippen LogP) is 2.99. The molecule has 0 fully saturated rings. The zero-order valence-electron chi connectivity index (χ0n) is 15.1. The fourth-order valence-corrected chi connectivity index (χ4v) is 0.981. The second-order valence-electron chi connectivity index (χ2n) is 3.97. The molecule has 1 unspecified atom stereocenters. The van der Waals surface area contributed by atoms with Crippen LogP contribution < -0.4 is 5.32 Å². The van der Waals surface area contributed by atoms with Crippen molar-refractivity contribution < 1.29 is 37.0 Å². The van der Waals surface area contributed by atoms with Crippen LogP contribution in [0.1, 0.15) is 54.4 Å². The first-order valence-electron chi connectivity index (χ1n) is 7.75. The number of ether oxygens (including phenoxy) is 2. The summed E-state index contributed by atoms with van der Waals surface area (Å²) in [6.45, 7) is 10.5. The van der Waals surface area contributed by atoms with Crippen LogP contribution in [0.15, 0.2) is 0 Å². The van der Waals surface area contributed by atoms with Crippen LogP contribution in [0, 0.1) is 0 Å². The van der Waals surface area contributed by atoms with E-state index < -0.39 is 30.5 Å². The van der Waals surface area contributed by atoms with Crippen LogP contribution in [0.5, 0.6) is 0 Å². The number of amides is 1. The first-order chi connectivity index (χ1) is 11.1. The zero-order valence-corrected chi connectivity index (χ0v) is 15.1. The topological polar surface area (TPSA) is 81.7 Å². The first-order valence-corrected chi connectivity index (χ1v) is 7.75. The van der Waals surface area contributed by atoms with Crippen molar-refractivity contribution in [2.45, 2.75) is 66.6 Å². The lowest BCUT2D eigenvalue weighted by Gasteiger charge is -2.16. The fraction of sp³-hybridized carbons (Fsp3) is 0.800.